The van der Waals surface area contributed by atoms with Crippen LogP contribution in [0, 0.1) is 6.92 Å². The number of hydrogen-bond donors (Lipinski definition) is 0. The summed E-state index contributed by atoms with van der Waals surface area (Å²) in [5.74, 6) is 0. The maximum absolute atomic E-state index is 4.48. The molecular formula is C11H10Br2N2. The molecule has 0 radical (unpaired) electrons. The van der Waals surface area contributed by atoms with Gasteiger partial charge in [-0.15, -0.1) is 0 Å². The Hall–Kier alpha value is -0.610. The van der Waals surface area contributed by atoms with Crippen LogP contribution in [0.4, 0.5) is 0 Å². The summed E-state index contributed by atoms with van der Waals surface area (Å²) < 4.78 is 3.99. The highest BCUT2D eigenvalue weighted by molar-refractivity contribution is 9.11. The molecule has 0 N–H and O–H groups in total. The lowest BCUT2D eigenvalue weighted by molar-refractivity contribution is 0.742. The lowest BCUT2D eigenvalue weighted by Gasteiger charge is -2.00. The zero-order valence-electron chi connectivity index (χ0n) is 8.46. The molecule has 2 rings (SSSR count). The first-order chi connectivity index (χ1) is 7.11. The first-order valence-corrected chi connectivity index (χ1v) is 6.14. The summed E-state index contributed by atoms with van der Waals surface area (Å²) in [6.45, 7) is 2.04. The van der Waals surface area contributed by atoms with Crippen molar-refractivity contribution in [3.05, 3.63) is 38.9 Å². The Labute approximate surface area is 106 Å². The zero-order valence-corrected chi connectivity index (χ0v) is 11.6. The van der Waals surface area contributed by atoms with Gasteiger partial charge in [-0.05, 0) is 28.9 Å². The van der Waals surface area contributed by atoms with Crippen molar-refractivity contribution in [2.45, 2.75) is 6.92 Å². The van der Waals surface area contributed by atoms with Crippen LogP contribution in [0.15, 0.2) is 33.2 Å². The minimum absolute atomic E-state index is 0.975. The van der Waals surface area contributed by atoms with Gasteiger partial charge in [-0.3, -0.25) is 4.68 Å². The average molecular weight is 330 g/mol. The van der Waals surface area contributed by atoms with Crippen molar-refractivity contribution in [3.8, 4) is 11.3 Å². The first-order valence-electron chi connectivity index (χ1n) is 4.55. The second kappa shape index (κ2) is 4.10. The molecule has 0 aliphatic heterocycles. The van der Waals surface area contributed by atoms with E-state index >= 15 is 0 Å². The molecule has 0 atom stereocenters. The molecule has 1 aromatic heterocycles. The number of rotatable bonds is 1. The van der Waals surface area contributed by atoms with E-state index in [0.717, 1.165) is 25.9 Å². The van der Waals surface area contributed by atoms with Gasteiger partial charge in [0.25, 0.3) is 0 Å². The Balaban J connectivity index is 2.65. The van der Waals surface area contributed by atoms with Gasteiger partial charge in [0.05, 0.1) is 4.47 Å². The molecule has 0 saturated carbocycles. The van der Waals surface area contributed by atoms with Crippen molar-refractivity contribution < 1.29 is 0 Å². The summed E-state index contributed by atoms with van der Waals surface area (Å²) in [5.41, 5.74) is 3.20. The van der Waals surface area contributed by atoms with Gasteiger partial charge < -0.3 is 0 Å². The fourth-order valence-electron chi connectivity index (χ4n) is 1.41. The van der Waals surface area contributed by atoms with E-state index in [4.69, 9.17) is 0 Å². The van der Waals surface area contributed by atoms with Crippen LogP contribution in [0.25, 0.3) is 11.3 Å². The van der Waals surface area contributed by atoms with Crippen LogP contribution in [0.3, 0.4) is 0 Å². The molecular weight excluding hydrogens is 320 g/mol. The molecule has 0 saturated heterocycles. The topological polar surface area (TPSA) is 17.8 Å². The number of aromatic nitrogens is 2. The van der Waals surface area contributed by atoms with E-state index in [0.29, 0.717) is 0 Å². The highest BCUT2D eigenvalue weighted by atomic mass is 79.9. The normalized spacial score (nSPS) is 10.7. The van der Waals surface area contributed by atoms with Crippen molar-refractivity contribution >= 4 is 31.9 Å². The Morgan fingerprint density at radius 1 is 1.20 bits per heavy atom. The molecule has 0 fully saturated rings. The molecule has 2 nitrogen and oxygen atoms in total. The monoisotopic (exact) mass is 328 g/mol. The Kier molecular flexibility index (Phi) is 2.98. The van der Waals surface area contributed by atoms with E-state index in [1.807, 2.05) is 36.9 Å². The number of benzene rings is 1. The zero-order chi connectivity index (χ0) is 11.0. The first kappa shape index (κ1) is 10.9. The number of nitrogens with zero attached hydrogens (tertiary/aromatic N) is 2. The van der Waals surface area contributed by atoms with E-state index in [9.17, 15) is 0 Å². The Bertz CT molecular complexity index is 503. The molecule has 0 bridgehead atoms. The van der Waals surface area contributed by atoms with Crippen molar-refractivity contribution in [3.63, 3.8) is 0 Å². The average Bonchev–Trinajstić information content (AvgIpc) is 2.47. The van der Waals surface area contributed by atoms with Crippen molar-refractivity contribution in [2.75, 3.05) is 0 Å². The third-order valence-electron chi connectivity index (χ3n) is 2.39. The molecule has 78 valence electrons. The second-order valence-corrected chi connectivity index (χ2v) is 5.00. The largest absolute Gasteiger partial charge is 0.271 e. The summed E-state index contributed by atoms with van der Waals surface area (Å²) in [7, 11) is 1.94. The maximum atomic E-state index is 4.48. The fraction of sp³-hybridized carbons (Fsp3) is 0.182. The van der Waals surface area contributed by atoms with Gasteiger partial charge in [0.2, 0.25) is 0 Å². The third-order valence-corrected chi connectivity index (χ3v) is 4.03. The second-order valence-electron chi connectivity index (χ2n) is 3.35. The summed E-state index contributed by atoms with van der Waals surface area (Å²) in [6, 6.07) is 8.08. The highest BCUT2D eigenvalue weighted by Gasteiger charge is 2.13. The van der Waals surface area contributed by atoms with Crippen LogP contribution >= 0.6 is 31.9 Å². The van der Waals surface area contributed by atoms with Crippen molar-refractivity contribution in [1.29, 1.82) is 0 Å². The van der Waals surface area contributed by atoms with Crippen LogP contribution in [0.2, 0.25) is 0 Å². The van der Waals surface area contributed by atoms with E-state index in [2.05, 4.69) is 43.0 Å². The molecule has 15 heavy (non-hydrogen) atoms. The third kappa shape index (κ3) is 1.88. The van der Waals surface area contributed by atoms with Crippen molar-refractivity contribution in [2.24, 2.45) is 7.05 Å². The van der Waals surface area contributed by atoms with Crippen LogP contribution < -0.4 is 0 Å². The Morgan fingerprint density at radius 3 is 2.40 bits per heavy atom. The molecule has 1 aromatic carbocycles. The van der Waals surface area contributed by atoms with Gasteiger partial charge >= 0.3 is 0 Å². The Morgan fingerprint density at radius 2 is 1.87 bits per heavy atom. The summed E-state index contributed by atoms with van der Waals surface area (Å²) in [6.07, 6.45) is 0. The molecule has 0 aliphatic rings. The predicted octanol–water partition coefficient (Wildman–Crippen LogP) is 3.92. The summed E-state index contributed by atoms with van der Waals surface area (Å²) in [4.78, 5) is 0. The van der Waals surface area contributed by atoms with Crippen LogP contribution in [0.1, 0.15) is 5.69 Å². The molecule has 0 spiro atoms. The predicted molar refractivity (Wildman–Crippen MR) is 68.8 cm³/mol. The standard InChI is InChI=1S/C11H10Br2N2/c1-7-10(13)11(14-15(7)2)8-5-3-4-6-9(8)12/h3-6H,1-2H3. The van der Waals surface area contributed by atoms with Gasteiger partial charge in [0.1, 0.15) is 5.69 Å². The van der Waals surface area contributed by atoms with E-state index in [1.165, 1.54) is 0 Å². The molecule has 4 heteroatoms. The molecule has 0 unspecified atom stereocenters. The van der Waals surface area contributed by atoms with Crippen LogP contribution in [0.5, 0.6) is 0 Å². The van der Waals surface area contributed by atoms with E-state index in [1.54, 1.807) is 0 Å². The summed E-state index contributed by atoms with van der Waals surface area (Å²) >= 11 is 7.10. The highest BCUT2D eigenvalue weighted by Crippen LogP contribution is 2.33. The van der Waals surface area contributed by atoms with Gasteiger partial charge in [0.15, 0.2) is 0 Å². The maximum Gasteiger partial charge on any atom is 0.108 e. The number of hydrogen-bond acceptors (Lipinski definition) is 1. The summed E-state index contributed by atoms with van der Waals surface area (Å²) in [5, 5.41) is 4.48. The molecule has 2 aromatic rings. The van der Waals surface area contributed by atoms with E-state index in [-0.39, 0.29) is 0 Å². The van der Waals surface area contributed by atoms with Crippen LogP contribution in [-0.4, -0.2) is 9.78 Å². The number of aryl methyl sites for hydroxylation is 1. The number of halogens is 2. The van der Waals surface area contributed by atoms with Crippen molar-refractivity contribution in [1.82, 2.24) is 9.78 Å². The molecule has 0 amide bonds. The SMILES string of the molecule is Cc1c(Br)c(-c2ccccc2Br)nn1C. The van der Waals surface area contributed by atoms with E-state index < -0.39 is 0 Å². The van der Waals surface area contributed by atoms with Crippen LogP contribution in [-0.2, 0) is 7.05 Å². The van der Waals surface area contributed by atoms with Gasteiger partial charge in [-0.2, -0.15) is 5.10 Å². The lowest BCUT2D eigenvalue weighted by atomic mass is 10.1. The lowest BCUT2D eigenvalue weighted by Crippen LogP contribution is -1.92. The quantitative estimate of drug-likeness (QED) is 0.775. The van der Waals surface area contributed by atoms with Gasteiger partial charge in [-0.1, -0.05) is 34.1 Å². The fourth-order valence-corrected chi connectivity index (χ4v) is 2.43. The minimum atomic E-state index is 0.975. The van der Waals surface area contributed by atoms with Gasteiger partial charge in [0, 0.05) is 22.8 Å². The molecule has 0 aliphatic carbocycles. The minimum Gasteiger partial charge on any atom is -0.271 e. The smallest absolute Gasteiger partial charge is 0.108 e. The van der Waals surface area contributed by atoms with Gasteiger partial charge in [-0.25, -0.2) is 0 Å². The molecule has 1 heterocycles.